The minimum Gasteiger partial charge on any atom is -0.399 e. The zero-order chi connectivity index (χ0) is 19.5. The highest BCUT2D eigenvalue weighted by Crippen LogP contribution is 2.30. The third kappa shape index (κ3) is 3.77. The lowest BCUT2D eigenvalue weighted by Gasteiger charge is -2.03. The van der Waals surface area contributed by atoms with Crippen molar-refractivity contribution in [2.24, 2.45) is 0 Å². The van der Waals surface area contributed by atoms with Gasteiger partial charge in [0.2, 0.25) is 0 Å². The van der Waals surface area contributed by atoms with Crippen molar-refractivity contribution in [2.75, 3.05) is 18.0 Å². The zero-order valence-electron chi connectivity index (χ0n) is 14.9. The summed E-state index contributed by atoms with van der Waals surface area (Å²) >= 11 is 1.29. The fourth-order valence-corrected chi connectivity index (χ4v) is 3.77. The summed E-state index contributed by atoms with van der Waals surface area (Å²) in [5.41, 5.74) is 14.4. The van der Waals surface area contributed by atoms with Crippen LogP contribution in [0.2, 0.25) is 0 Å². The number of nitrogens with two attached hydrogens (primary N) is 2. The topological polar surface area (TPSA) is 120 Å². The molecule has 0 saturated carbocycles. The van der Waals surface area contributed by atoms with Crippen molar-refractivity contribution in [3.63, 3.8) is 0 Å². The van der Waals surface area contributed by atoms with Crippen LogP contribution in [-0.4, -0.2) is 27.4 Å². The highest BCUT2D eigenvalue weighted by molar-refractivity contribution is 7.20. The van der Waals surface area contributed by atoms with Gasteiger partial charge in [-0.05, 0) is 36.2 Å². The van der Waals surface area contributed by atoms with Gasteiger partial charge in [-0.2, -0.15) is 0 Å². The molecule has 1 amide bonds. The Morgan fingerprint density at radius 1 is 1.11 bits per heavy atom. The fourth-order valence-electron chi connectivity index (χ4n) is 2.82. The van der Waals surface area contributed by atoms with E-state index >= 15 is 0 Å². The number of hydrogen-bond donors (Lipinski definition) is 3. The maximum atomic E-state index is 12.5. The Balaban J connectivity index is 1.54. The number of anilines is 2. The summed E-state index contributed by atoms with van der Waals surface area (Å²) in [6.45, 7) is 0.522. The van der Waals surface area contributed by atoms with Gasteiger partial charge in [-0.15, -0.1) is 11.3 Å². The third-order valence-electron chi connectivity index (χ3n) is 4.21. The summed E-state index contributed by atoms with van der Waals surface area (Å²) in [6, 6.07) is 12.9. The maximum Gasteiger partial charge on any atom is 0.261 e. The molecular weight excluding hydrogens is 372 g/mol. The van der Waals surface area contributed by atoms with Gasteiger partial charge in [-0.1, -0.05) is 18.2 Å². The molecule has 3 aromatic heterocycles. The van der Waals surface area contributed by atoms with Crippen molar-refractivity contribution >= 4 is 39.0 Å². The van der Waals surface area contributed by atoms with Crippen molar-refractivity contribution in [1.29, 1.82) is 0 Å². The molecule has 0 spiro atoms. The number of nitrogen functional groups attached to an aromatic ring is 2. The molecule has 0 bridgehead atoms. The minimum absolute atomic E-state index is 0.156. The molecule has 0 aliphatic heterocycles. The van der Waals surface area contributed by atoms with Crippen molar-refractivity contribution in [3.8, 4) is 11.4 Å². The van der Waals surface area contributed by atoms with Gasteiger partial charge in [0.05, 0.1) is 10.3 Å². The maximum absolute atomic E-state index is 12.5. The average molecular weight is 390 g/mol. The molecule has 0 aliphatic rings. The Morgan fingerprint density at radius 2 is 2.00 bits per heavy atom. The molecule has 0 saturated heterocycles. The molecule has 0 unspecified atom stereocenters. The van der Waals surface area contributed by atoms with Gasteiger partial charge in [0.15, 0.2) is 5.82 Å². The predicted molar refractivity (Wildman–Crippen MR) is 112 cm³/mol. The van der Waals surface area contributed by atoms with Crippen LogP contribution < -0.4 is 16.8 Å². The number of fused-ring (bicyclic) bond motifs is 1. The smallest absolute Gasteiger partial charge is 0.261 e. The highest BCUT2D eigenvalue weighted by Gasteiger charge is 2.15. The van der Waals surface area contributed by atoms with E-state index in [0.717, 1.165) is 11.1 Å². The third-order valence-corrected chi connectivity index (χ3v) is 5.24. The molecule has 4 aromatic rings. The van der Waals surface area contributed by atoms with Gasteiger partial charge in [-0.25, -0.2) is 9.97 Å². The average Bonchev–Trinajstić information content (AvgIpc) is 3.14. The summed E-state index contributed by atoms with van der Waals surface area (Å²) in [5, 5.41) is 3.60. The lowest BCUT2D eigenvalue weighted by molar-refractivity contribution is 0.0958. The molecule has 7 nitrogen and oxygen atoms in total. The number of carbonyl (C=O) groups excluding carboxylic acids is 1. The number of aromatic nitrogens is 3. The number of nitrogens with one attached hydrogen (secondary N) is 1. The number of hydrogen-bond acceptors (Lipinski definition) is 7. The molecule has 5 N–H and O–H groups in total. The molecule has 0 atom stereocenters. The van der Waals surface area contributed by atoms with Crippen LogP contribution in [0, 0.1) is 0 Å². The molecule has 140 valence electrons. The molecule has 0 aliphatic carbocycles. The first-order chi connectivity index (χ1) is 13.6. The van der Waals surface area contributed by atoms with Crippen LogP contribution in [0.5, 0.6) is 0 Å². The van der Waals surface area contributed by atoms with Crippen LogP contribution in [0.3, 0.4) is 0 Å². The van der Waals surface area contributed by atoms with E-state index in [4.69, 9.17) is 11.5 Å². The van der Waals surface area contributed by atoms with E-state index in [9.17, 15) is 4.79 Å². The van der Waals surface area contributed by atoms with E-state index < -0.39 is 0 Å². The van der Waals surface area contributed by atoms with Crippen molar-refractivity contribution < 1.29 is 4.79 Å². The van der Waals surface area contributed by atoms with E-state index in [1.54, 1.807) is 30.6 Å². The Kier molecular flexibility index (Phi) is 4.86. The summed E-state index contributed by atoms with van der Waals surface area (Å²) < 4.78 is 0. The first-order valence-corrected chi connectivity index (χ1v) is 9.52. The van der Waals surface area contributed by atoms with E-state index in [2.05, 4.69) is 20.3 Å². The van der Waals surface area contributed by atoms with Gasteiger partial charge < -0.3 is 16.8 Å². The van der Waals surface area contributed by atoms with Crippen LogP contribution in [0.25, 0.3) is 21.6 Å². The van der Waals surface area contributed by atoms with Gasteiger partial charge in [0.25, 0.3) is 5.91 Å². The van der Waals surface area contributed by atoms with E-state index in [1.807, 2.05) is 24.3 Å². The second-order valence-electron chi connectivity index (χ2n) is 6.25. The van der Waals surface area contributed by atoms with Crippen LogP contribution in [0.1, 0.15) is 15.2 Å². The largest absolute Gasteiger partial charge is 0.399 e. The lowest BCUT2D eigenvalue weighted by atomic mass is 10.2. The standard InChI is InChI=1S/C20H18N6OS/c21-14-5-1-4-13(9-14)18-25-17(22)15-10-16(28-20(15)26-18)19(27)24-8-6-12-3-2-7-23-11-12/h1-5,7,9-11H,6,8,21H2,(H,24,27)(H2,22,25,26). The second-order valence-corrected chi connectivity index (χ2v) is 7.29. The lowest BCUT2D eigenvalue weighted by Crippen LogP contribution is -2.24. The van der Waals surface area contributed by atoms with Crippen LogP contribution in [-0.2, 0) is 6.42 Å². The molecular formula is C20H18N6OS. The number of rotatable bonds is 5. The number of thiophene rings is 1. The minimum atomic E-state index is -0.156. The van der Waals surface area contributed by atoms with E-state index in [0.29, 0.717) is 45.4 Å². The zero-order valence-corrected chi connectivity index (χ0v) is 15.7. The first-order valence-electron chi connectivity index (χ1n) is 8.70. The van der Waals surface area contributed by atoms with Crippen molar-refractivity contribution in [1.82, 2.24) is 20.3 Å². The number of amides is 1. The summed E-state index contributed by atoms with van der Waals surface area (Å²) in [6.07, 6.45) is 4.23. The quantitative estimate of drug-likeness (QED) is 0.451. The molecule has 0 fully saturated rings. The van der Waals surface area contributed by atoms with Gasteiger partial charge in [0, 0.05) is 30.2 Å². The fraction of sp³-hybridized carbons (Fsp3) is 0.100. The molecule has 0 radical (unpaired) electrons. The summed E-state index contributed by atoms with van der Waals surface area (Å²) in [5.74, 6) is 0.674. The molecule has 3 heterocycles. The molecule has 1 aromatic carbocycles. The molecule has 28 heavy (non-hydrogen) atoms. The SMILES string of the molecule is Nc1cccc(-c2nc(N)c3cc(C(=O)NCCc4cccnc4)sc3n2)c1. The van der Waals surface area contributed by atoms with Gasteiger partial charge in [-0.3, -0.25) is 9.78 Å². The van der Waals surface area contributed by atoms with Crippen LogP contribution in [0.4, 0.5) is 11.5 Å². The van der Waals surface area contributed by atoms with Gasteiger partial charge in [0.1, 0.15) is 10.6 Å². The van der Waals surface area contributed by atoms with Gasteiger partial charge >= 0.3 is 0 Å². The Labute approximate surface area is 165 Å². The number of carbonyl (C=O) groups is 1. The summed E-state index contributed by atoms with van der Waals surface area (Å²) in [7, 11) is 0. The Hall–Kier alpha value is -3.52. The predicted octanol–water partition coefficient (Wildman–Crippen LogP) is 2.89. The van der Waals surface area contributed by atoms with Crippen molar-refractivity contribution in [3.05, 3.63) is 65.3 Å². The second kappa shape index (κ2) is 7.61. The Bertz CT molecular complexity index is 1140. The molecule has 4 rings (SSSR count). The number of benzene rings is 1. The number of pyridine rings is 1. The molecule has 8 heteroatoms. The Morgan fingerprint density at radius 3 is 2.79 bits per heavy atom. The first kappa shape index (κ1) is 17.9. The van der Waals surface area contributed by atoms with E-state index in [1.165, 1.54) is 11.3 Å². The van der Waals surface area contributed by atoms with E-state index in [-0.39, 0.29) is 5.91 Å². The van der Waals surface area contributed by atoms with Crippen LogP contribution in [0.15, 0.2) is 54.9 Å². The summed E-state index contributed by atoms with van der Waals surface area (Å²) in [4.78, 5) is 26.7. The van der Waals surface area contributed by atoms with Crippen LogP contribution >= 0.6 is 11.3 Å². The van der Waals surface area contributed by atoms with Crippen molar-refractivity contribution in [2.45, 2.75) is 6.42 Å². The normalized spacial score (nSPS) is 10.9. The monoisotopic (exact) mass is 390 g/mol. The number of nitrogens with zero attached hydrogens (tertiary/aromatic N) is 3. The highest BCUT2D eigenvalue weighted by atomic mass is 32.1.